The van der Waals surface area contributed by atoms with Crippen LogP contribution < -0.4 is 10.0 Å². The number of anilines is 1. The van der Waals surface area contributed by atoms with Crippen LogP contribution in [0.2, 0.25) is 0 Å². The Labute approximate surface area is 129 Å². The van der Waals surface area contributed by atoms with E-state index in [1.807, 2.05) is 7.05 Å². The minimum atomic E-state index is -3.70. The summed E-state index contributed by atoms with van der Waals surface area (Å²) in [6, 6.07) is 4.02. The lowest BCUT2D eigenvalue weighted by molar-refractivity contribution is -0.384. The average molecular weight is 328 g/mol. The van der Waals surface area contributed by atoms with E-state index in [4.69, 9.17) is 0 Å². The monoisotopic (exact) mass is 328 g/mol. The van der Waals surface area contributed by atoms with Gasteiger partial charge in [-0.2, -0.15) is 0 Å². The molecule has 1 aromatic rings. The number of rotatable bonds is 5. The van der Waals surface area contributed by atoms with Crippen molar-refractivity contribution in [1.82, 2.24) is 9.62 Å². The molecule has 0 aromatic heterocycles. The summed E-state index contributed by atoms with van der Waals surface area (Å²) in [5, 5.41) is 14.4. The number of sulfonamides is 1. The highest BCUT2D eigenvalue weighted by atomic mass is 32.2. The number of piperidine rings is 1. The Morgan fingerprint density at radius 2 is 2.14 bits per heavy atom. The van der Waals surface area contributed by atoms with E-state index in [-0.39, 0.29) is 16.6 Å². The van der Waals surface area contributed by atoms with Crippen LogP contribution in [0.15, 0.2) is 23.1 Å². The van der Waals surface area contributed by atoms with Gasteiger partial charge in [0.25, 0.3) is 5.69 Å². The van der Waals surface area contributed by atoms with Crippen LogP contribution in [-0.4, -0.2) is 51.5 Å². The fourth-order valence-electron chi connectivity index (χ4n) is 2.57. The molecule has 0 radical (unpaired) electrons. The molecule has 0 unspecified atom stereocenters. The molecule has 1 saturated heterocycles. The molecule has 2 rings (SSSR count). The highest BCUT2D eigenvalue weighted by Crippen LogP contribution is 2.29. The number of hydrogen-bond acceptors (Lipinski definition) is 6. The summed E-state index contributed by atoms with van der Waals surface area (Å²) in [5.74, 6) is 0. The summed E-state index contributed by atoms with van der Waals surface area (Å²) in [6.45, 7) is 1.81. The summed E-state index contributed by atoms with van der Waals surface area (Å²) in [7, 11) is -0.429. The molecule has 122 valence electrons. The Hall–Kier alpha value is -1.71. The molecule has 1 aliphatic rings. The quantitative estimate of drug-likeness (QED) is 0.617. The minimum absolute atomic E-state index is 0.115. The third kappa shape index (κ3) is 3.73. The van der Waals surface area contributed by atoms with Crippen LogP contribution in [-0.2, 0) is 10.0 Å². The first-order chi connectivity index (χ1) is 10.3. The van der Waals surface area contributed by atoms with E-state index in [1.54, 1.807) is 0 Å². The molecule has 1 atom stereocenters. The Kier molecular flexibility index (Phi) is 4.99. The first-order valence-corrected chi connectivity index (χ1v) is 8.49. The fraction of sp³-hybridized carbons (Fsp3) is 0.538. The van der Waals surface area contributed by atoms with E-state index in [0.29, 0.717) is 5.69 Å². The van der Waals surface area contributed by atoms with Gasteiger partial charge in [0.15, 0.2) is 0 Å². The maximum atomic E-state index is 11.8. The molecule has 1 fully saturated rings. The second-order valence-electron chi connectivity index (χ2n) is 5.39. The number of likely N-dealkylation sites (N-methyl/N-ethyl adjacent to an activating group) is 1. The Morgan fingerprint density at radius 3 is 2.73 bits per heavy atom. The molecule has 0 amide bonds. The van der Waals surface area contributed by atoms with Gasteiger partial charge in [-0.1, -0.05) is 0 Å². The van der Waals surface area contributed by atoms with Gasteiger partial charge >= 0.3 is 0 Å². The van der Waals surface area contributed by atoms with Crippen LogP contribution in [0.5, 0.6) is 0 Å². The van der Waals surface area contributed by atoms with Gasteiger partial charge in [-0.15, -0.1) is 0 Å². The van der Waals surface area contributed by atoms with Gasteiger partial charge in [0, 0.05) is 18.7 Å². The van der Waals surface area contributed by atoms with Crippen molar-refractivity contribution in [2.24, 2.45) is 0 Å². The molecule has 0 spiro atoms. The van der Waals surface area contributed by atoms with Crippen LogP contribution in [0.1, 0.15) is 12.8 Å². The standard InChI is InChI=1S/C13H20N4O4S/c1-14-22(20,21)11-5-6-12(13(8-11)17(18)19)15-10-4-3-7-16(2)9-10/h5-6,8,10,14-15H,3-4,7,9H2,1-2H3/t10-/m0/s1. The van der Waals surface area contributed by atoms with E-state index in [0.717, 1.165) is 32.0 Å². The lowest BCUT2D eigenvalue weighted by Gasteiger charge is -2.30. The second kappa shape index (κ2) is 6.59. The molecular formula is C13H20N4O4S. The smallest absolute Gasteiger partial charge is 0.293 e. The van der Waals surface area contributed by atoms with Gasteiger partial charge in [-0.05, 0) is 45.6 Å². The number of hydrogen-bond donors (Lipinski definition) is 2. The van der Waals surface area contributed by atoms with Crippen LogP contribution in [0.3, 0.4) is 0 Å². The SMILES string of the molecule is CNS(=O)(=O)c1ccc(N[C@H]2CCCN(C)C2)c([N+](=O)[O-])c1. The number of nitrogens with one attached hydrogen (secondary N) is 2. The van der Waals surface area contributed by atoms with Crippen molar-refractivity contribution in [2.45, 2.75) is 23.8 Å². The molecular weight excluding hydrogens is 308 g/mol. The number of nitro groups is 1. The molecule has 1 heterocycles. The highest BCUT2D eigenvalue weighted by Gasteiger charge is 2.23. The summed E-state index contributed by atoms with van der Waals surface area (Å²) in [6.07, 6.45) is 1.95. The normalized spacial score (nSPS) is 19.8. The van der Waals surface area contributed by atoms with Gasteiger partial charge in [0.2, 0.25) is 10.0 Å². The van der Waals surface area contributed by atoms with E-state index in [9.17, 15) is 18.5 Å². The number of nitrogens with zero attached hydrogens (tertiary/aromatic N) is 2. The third-order valence-corrected chi connectivity index (χ3v) is 5.14. The molecule has 0 aliphatic carbocycles. The highest BCUT2D eigenvalue weighted by molar-refractivity contribution is 7.89. The van der Waals surface area contributed by atoms with Gasteiger partial charge < -0.3 is 10.2 Å². The van der Waals surface area contributed by atoms with E-state index >= 15 is 0 Å². The molecule has 8 nitrogen and oxygen atoms in total. The van der Waals surface area contributed by atoms with Gasteiger partial charge in [0.1, 0.15) is 5.69 Å². The van der Waals surface area contributed by atoms with Crippen molar-refractivity contribution in [2.75, 3.05) is 32.5 Å². The zero-order chi connectivity index (χ0) is 16.3. The lowest BCUT2D eigenvalue weighted by Crippen LogP contribution is -2.39. The predicted octanol–water partition coefficient (Wildman–Crippen LogP) is 1.01. The first-order valence-electron chi connectivity index (χ1n) is 7.00. The second-order valence-corrected chi connectivity index (χ2v) is 7.28. The Bertz CT molecular complexity index is 662. The average Bonchev–Trinajstić information content (AvgIpc) is 2.47. The minimum Gasteiger partial charge on any atom is -0.375 e. The summed E-state index contributed by atoms with van der Waals surface area (Å²) in [4.78, 5) is 12.7. The first kappa shape index (κ1) is 16.7. The zero-order valence-corrected chi connectivity index (χ0v) is 13.4. The summed E-state index contributed by atoms with van der Waals surface area (Å²) >= 11 is 0. The zero-order valence-electron chi connectivity index (χ0n) is 12.6. The van der Waals surface area contributed by atoms with Gasteiger partial charge in [0.05, 0.1) is 9.82 Å². The number of benzene rings is 1. The van der Waals surface area contributed by atoms with Gasteiger partial charge in [-0.25, -0.2) is 13.1 Å². The topological polar surface area (TPSA) is 105 Å². The van der Waals surface area contributed by atoms with Crippen LogP contribution in [0, 0.1) is 10.1 Å². The van der Waals surface area contributed by atoms with Crippen molar-refractivity contribution in [3.8, 4) is 0 Å². The van der Waals surface area contributed by atoms with Crippen molar-refractivity contribution >= 4 is 21.4 Å². The van der Waals surface area contributed by atoms with Crippen molar-refractivity contribution in [3.63, 3.8) is 0 Å². The third-order valence-electron chi connectivity index (χ3n) is 3.73. The molecule has 9 heteroatoms. The summed E-state index contributed by atoms with van der Waals surface area (Å²) in [5.41, 5.74) is 0.116. The Balaban J connectivity index is 2.30. The summed E-state index contributed by atoms with van der Waals surface area (Å²) < 4.78 is 25.7. The Morgan fingerprint density at radius 1 is 1.41 bits per heavy atom. The van der Waals surface area contributed by atoms with Crippen molar-refractivity contribution < 1.29 is 13.3 Å². The fourth-order valence-corrected chi connectivity index (χ4v) is 3.32. The molecule has 22 heavy (non-hydrogen) atoms. The maximum absolute atomic E-state index is 11.8. The van der Waals surface area contributed by atoms with E-state index in [2.05, 4.69) is 14.9 Å². The van der Waals surface area contributed by atoms with Crippen molar-refractivity contribution in [1.29, 1.82) is 0 Å². The molecule has 0 bridgehead atoms. The molecule has 0 saturated carbocycles. The van der Waals surface area contributed by atoms with Crippen LogP contribution >= 0.6 is 0 Å². The number of nitro benzene ring substituents is 1. The van der Waals surface area contributed by atoms with Crippen LogP contribution in [0.4, 0.5) is 11.4 Å². The lowest BCUT2D eigenvalue weighted by atomic mass is 10.1. The predicted molar refractivity (Wildman–Crippen MR) is 83.5 cm³/mol. The molecule has 1 aliphatic heterocycles. The van der Waals surface area contributed by atoms with E-state index in [1.165, 1.54) is 19.2 Å². The molecule has 1 aromatic carbocycles. The van der Waals surface area contributed by atoms with Gasteiger partial charge in [-0.3, -0.25) is 10.1 Å². The van der Waals surface area contributed by atoms with Crippen LogP contribution in [0.25, 0.3) is 0 Å². The maximum Gasteiger partial charge on any atom is 0.293 e. The van der Waals surface area contributed by atoms with E-state index < -0.39 is 14.9 Å². The molecule has 2 N–H and O–H groups in total. The number of likely N-dealkylation sites (tertiary alicyclic amines) is 1. The largest absolute Gasteiger partial charge is 0.375 e. The van der Waals surface area contributed by atoms with Crippen molar-refractivity contribution in [3.05, 3.63) is 28.3 Å².